The van der Waals surface area contributed by atoms with Crippen molar-refractivity contribution in [2.45, 2.75) is 13.3 Å². The van der Waals surface area contributed by atoms with E-state index in [1.807, 2.05) is 0 Å². The van der Waals surface area contributed by atoms with Crippen LogP contribution in [0.2, 0.25) is 0 Å². The molecule has 0 aliphatic carbocycles. The third-order valence-corrected chi connectivity index (χ3v) is 2.97. The summed E-state index contributed by atoms with van der Waals surface area (Å²) < 4.78 is 5.39. The minimum absolute atomic E-state index is 0.146. The zero-order chi connectivity index (χ0) is 14.8. The second kappa shape index (κ2) is 5.24. The number of nitrogens with two attached hydrogens (primary N) is 1. The largest absolute Gasteiger partial charge is 0.441 e. The highest BCUT2D eigenvalue weighted by atomic mass is 16.3. The van der Waals surface area contributed by atoms with E-state index in [4.69, 9.17) is 10.2 Å². The first-order chi connectivity index (χ1) is 10.1. The van der Waals surface area contributed by atoms with Crippen LogP contribution in [-0.4, -0.2) is 15.9 Å². The summed E-state index contributed by atoms with van der Waals surface area (Å²) in [5, 5.41) is 2.81. The van der Waals surface area contributed by atoms with Gasteiger partial charge in [-0.3, -0.25) is 9.78 Å². The van der Waals surface area contributed by atoms with Gasteiger partial charge in [0.1, 0.15) is 5.52 Å². The van der Waals surface area contributed by atoms with Gasteiger partial charge in [-0.25, -0.2) is 4.98 Å². The third kappa shape index (κ3) is 3.00. The van der Waals surface area contributed by atoms with Gasteiger partial charge in [0.05, 0.1) is 18.3 Å². The van der Waals surface area contributed by atoms with Crippen molar-refractivity contribution in [2.24, 2.45) is 0 Å². The first-order valence-electron chi connectivity index (χ1n) is 6.47. The van der Waals surface area contributed by atoms with Gasteiger partial charge in [0.15, 0.2) is 11.5 Å². The standard InChI is InChI=1S/C15H14N4O2/c1-9-18-13-6-12(4-5-14(13)21-9)19-15(20)7-11-3-2-10(16)8-17-11/h2-6,8H,7,16H2,1H3,(H,19,20). The molecule has 2 heterocycles. The Kier molecular flexibility index (Phi) is 3.27. The fraction of sp³-hybridized carbons (Fsp3) is 0.133. The Balaban J connectivity index is 1.71. The van der Waals surface area contributed by atoms with Crippen molar-refractivity contribution in [3.63, 3.8) is 0 Å². The number of hydrogen-bond donors (Lipinski definition) is 2. The van der Waals surface area contributed by atoms with Crippen LogP contribution in [0.4, 0.5) is 11.4 Å². The van der Waals surface area contributed by atoms with Gasteiger partial charge in [0, 0.05) is 18.3 Å². The number of anilines is 2. The molecule has 1 amide bonds. The Morgan fingerprint density at radius 3 is 2.95 bits per heavy atom. The third-order valence-electron chi connectivity index (χ3n) is 2.97. The number of rotatable bonds is 3. The number of fused-ring (bicyclic) bond motifs is 1. The number of carbonyl (C=O) groups excluding carboxylic acids is 1. The second-order valence-electron chi connectivity index (χ2n) is 4.72. The summed E-state index contributed by atoms with van der Waals surface area (Å²) in [6, 6.07) is 8.80. The number of nitrogens with zero attached hydrogens (tertiary/aromatic N) is 2. The monoisotopic (exact) mass is 282 g/mol. The molecule has 0 radical (unpaired) electrons. The van der Waals surface area contributed by atoms with Crippen LogP contribution in [0.5, 0.6) is 0 Å². The SMILES string of the molecule is Cc1nc2cc(NC(=O)Cc3ccc(N)cn3)ccc2o1. The maximum Gasteiger partial charge on any atom is 0.230 e. The molecular weight excluding hydrogens is 268 g/mol. The fourth-order valence-corrected chi connectivity index (χ4v) is 2.03. The van der Waals surface area contributed by atoms with Gasteiger partial charge in [0.2, 0.25) is 5.91 Å². The van der Waals surface area contributed by atoms with E-state index in [2.05, 4.69) is 15.3 Å². The van der Waals surface area contributed by atoms with E-state index in [0.29, 0.717) is 28.5 Å². The first kappa shape index (κ1) is 13.1. The van der Waals surface area contributed by atoms with Crippen LogP contribution in [-0.2, 0) is 11.2 Å². The quantitative estimate of drug-likeness (QED) is 0.768. The molecular formula is C15H14N4O2. The summed E-state index contributed by atoms with van der Waals surface area (Å²) in [7, 11) is 0. The number of amides is 1. The van der Waals surface area contributed by atoms with Gasteiger partial charge in [-0.05, 0) is 30.3 Å². The Morgan fingerprint density at radius 2 is 2.19 bits per heavy atom. The Bertz CT molecular complexity index is 793. The van der Waals surface area contributed by atoms with Crippen LogP contribution in [0.15, 0.2) is 40.9 Å². The van der Waals surface area contributed by atoms with Crippen molar-refractivity contribution in [3.8, 4) is 0 Å². The summed E-state index contributed by atoms with van der Waals surface area (Å²) in [4.78, 5) is 20.3. The molecule has 0 saturated heterocycles. The lowest BCUT2D eigenvalue weighted by molar-refractivity contribution is -0.115. The van der Waals surface area contributed by atoms with Crippen LogP contribution in [0.25, 0.3) is 11.1 Å². The van der Waals surface area contributed by atoms with Crippen LogP contribution in [0.1, 0.15) is 11.6 Å². The number of benzene rings is 1. The minimum atomic E-state index is -0.146. The molecule has 3 aromatic rings. The van der Waals surface area contributed by atoms with Crippen LogP contribution in [0.3, 0.4) is 0 Å². The van der Waals surface area contributed by atoms with E-state index < -0.39 is 0 Å². The predicted molar refractivity (Wildman–Crippen MR) is 79.7 cm³/mol. The molecule has 0 unspecified atom stereocenters. The van der Waals surface area contributed by atoms with E-state index in [9.17, 15) is 4.79 Å². The number of nitrogens with one attached hydrogen (secondary N) is 1. The maximum absolute atomic E-state index is 12.0. The average molecular weight is 282 g/mol. The van der Waals surface area contributed by atoms with Gasteiger partial charge in [-0.15, -0.1) is 0 Å². The molecule has 2 aromatic heterocycles. The molecule has 0 bridgehead atoms. The molecule has 0 saturated carbocycles. The molecule has 6 nitrogen and oxygen atoms in total. The summed E-state index contributed by atoms with van der Waals surface area (Å²) in [6.45, 7) is 1.78. The molecule has 21 heavy (non-hydrogen) atoms. The number of oxazole rings is 1. The lowest BCUT2D eigenvalue weighted by Gasteiger charge is -2.05. The molecule has 6 heteroatoms. The van der Waals surface area contributed by atoms with Gasteiger partial charge in [-0.2, -0.15) is 0 Å². The Hall–Kier alpha value is -2.89. The van der Waals surface area contributed by atoms with Gasteiger partial charge >= 0.3 is 0 Å². The average Bonchev–Trinajstić information content (AvgIpc) is 2.80. The van der Waals surface area contributed by atoms with Crippen LogP contribution in [0, 0.1) is 6.92 Å². The zero-order valence-corrected chi connectivity index (χ0v) is 11.5. The number of carbonyl (C=O) groups is 1. The molecule has 0 aliphatic heterocycles. The van der Waals surface area contributed by atoms with Crippen molar-refractivity contribution in [3.05, 3.63) is 48.1 Å². The number of hydrogen-bond acceptors (Lipinski definition) is 5. The first-order valence-corrected chi connectivity index (χ1v) is 6.47. The van der Waals surface area contributed by atoms with Crippen LogP contribution < -0.4 is 11.1 Å². The molecule has 0 aliphatic rings. The van der Waals surface area contributed by atoms with E-state index >= 15 is 0 Å². The van der Waals surface area contributed by atoms with Crippen LogP contribution >= 0.6 is 0 Å². The second-order valence-corrected chi connectivity index (χ2v) is 4.72. The number of nitrogen functional groups attached to an aromatic ring is 1. The van der Waals surface area contributed by atoms with Gasteiger partial charge in [0.25, 0.3) is 0 Å². The Morgan fingerprint density at radius 1 is 1.33 bits per heavy atom. The lowest BCUT2D eigenvalue weighted by Crippen LogP contribution is -2.15. The molecule has 1 aromatic carbocycles. The van der Waals surface area contributed by atoms with E-state index in [1.165, 1.54) is 6.20 Å². The molecule has 106 valence electrons. The molecule has 3 N–H and O–H groups in total. The van der Waals surface area contributed by atoms with Crippen molar-refractivity contribution in [1.29, 1.82) is 0 Å². The summed E-state index contributed by atoms with van der Waals surface area (Å²) in [5.41, 5.74) is 8.89. The highest BCUT2D eigenvalue weighted by Gasteiger charge is 2.07. The van der Waals surface area contributed by atoms with E-state index in [0.717, 1.165) is 5.52 Å². The highest BCUT2D eigenvalue weighted by molar-refractivity contribution is 5.93. The van der Waals surface area contributed by atoms with Gasteiger partial charge < -0.3 is 15.5 Å². The minimum Gasteiger partial charge on any atom is -0.441 e. The van der Waals surface area contributed by atoms with E-state index in [-0.39, 0.29) is 12.3 Å². The zero-order valence-electron chi connectivity index (χ0n) is 11.5. The van der Waals surface area contributed by atoms with Crippen molar-refractivity contribution in [1.82, 2.24) is 9.97 Å². The Labute approximate surface area is 121 Å². The number of aromatic nitrogens is 2. The molecule has 0 atom stereocenters. The fourth-order valence-electron chi connectivity index (χ4n) is 2.03. The predicted octanol–water partition coefficient (Wildman–Crippen LogP) is 2.29. The summed E-state index contributed by atoms with van der Waals surface area (Å²) in [5.74, 6) is 0.450. The molecule has 0 fully saturated rings. The van der Waals surface area contributed by atoms with Crippen molar-refractivity contribution < 1.29 is 9.21 Å². The smallest absolute Gasteiger partial charge is 0.230 e. The summed E-state index contributed by atoms with van der Waals surface area (Å²) >= 11 is 0. The lowest BCUT2D eigenvalue weighted by atomic mass is 10.2. The topological polar surface area (TPSA) is 94.0 Å². The maximum atomic E-state index is 12.0. The molecule has 3 rings (SSSR count). The van der Waals surface area contributed by atoms with Gasteiger partial charge in [-0.1, -0.05) is 0 Å². The van der Waals surface area contributed by atoms with Crippen molar-refractivity contribution >= 4 is 28.4 Å². The number of aryl methyl sites for hydroxylation is 1. The highest BCUT2D eigenvalue weighted by Crippen LogP contribution is 2.19. The van der Waals surface area contributed by atoms with E-state index in [1.54, 1.807) is 37.3 Å². The molecule has 0 spiro atoms. The summed E-state index contributed by atoms with van der Waals surface area (Å²) in [6.07, 6.45) is 1.73. The van der Waals surface area contributed by atoms with Crippen molar-refractivity contribution in [2.75, 3.05) is 11.1 Å². The number of pyridine rings is 1. The normalized spacial score (nSPS) is 10.7.